The number of pyridine rings is 1. The number of nitrogens with one attached hydrogen (secondary N) is 1. The topological polar surface area (TPSA) is 101 Å². The number of aryl methyl sites for hydroxylation is 1. The van der Waals surface area contributed by atoms with Crippen molar-refractivity contribution >= 4 is 44.9 Å². The third kappa shape index (κ3) is 5.23. The lowest BCUT2D eigenvalue weighted by molar-refractivity contribution is 0.0228. The number of benzene rings is 1. The van der Waals surface area contributed by atoms with Crippen LogP contribution in [0.2, 0.25) is 0 Å². The van der Waals surface area contributed by atoms with Crippen LogP contribution in [0.25, 0.3) is 10.2 Å². The van der Waals surface area contributed by atoms with Crippen LogP contribution in [0.3, 0.4) is 0 Å². The molecule has 0 saturated carbocycles. The molecule has 2 aliphatic rings. The van der Waals surface area contributed by atoms with E-state index in [1.807, 2.05) is 44.7 Å². The molecule has 3 aromatic rings. The Morgan fingerprint density at radius 1 is 1.11 bits per heavy atom. The van der Waals surface area contributed by atoms with Crippen molar-refractivity contribution in [1.29, 1.82) is 0 Å². The number of hydrogen-bond acceptors (Lipinski definition) is 7. The summed E-state index contributed by atoms with van der Waals surface area (Å²) in [6.45, 7) is 9.83. The van der Waals surface area contributed by atoms with Crippen molar-refractivity contribution in [2.24, 2.45) is 0 Å². The number of fused-ring (bicyclic) bond motifs is 2. The van der Waals surface area contributed by atoms with E-state index in [0.717, 1.165) is 53.8 Å². The molecule has 8 nitrogen and oxygen atoms in total. The van der Waals surface area contributed by atoms with Crippen LogP contribution in [0.5, 0.6) is 0 Å². The molecule has 2 aromatic heterocycles. The van der Waals surface area contributed by atoms with Crippen LogP contribution in [0.4, 0.5) is 16.2 Å². The lowest BCUT2D eigenvalue weighted by Gasteiger charge is -2.29. The highest BCUT2D eigenvalue weighted by atomic mass is 32.1. The van der Waals surface area contributed by atoms with Gasteiger partial charge in [0.05, 0.1) is 17.8 Å². The number of ether oxygens (including phenoxy) is 1. The maximum absolute atomic E-state index is 12.7. The summed E-state index contributed by atoms with van der Waals surface area (Å²) >= 11 is 1.33. The van der Waals surface area contributed by atoms with Crippen molar-refractivity contribution in [2.45, 2.75) is 64.6 Å². The average molecular weight is 522 g/mol. The Hall–Kier alpha value is -3.33. The maximum atomic E-state index is 12.7. The first-order valence-corrected chi connectivity index (χ1v) is 13.7. The quantitative estimate of drug-likeness (QED) is 0.503. The Labute approximate surface area is 221 Å². The zero-order chi connectivity index (χ0) is 26.3. The standard InChI is InChI=1S/C28H35N5O3S/c1-17-5-10-20-23(29)24(37-26(20)31-17)25(34)30-14-11-18-6-8-19(9-7-18)32-15-12-22-21(32)13-16-33(22)27(35)36-28(2,3)4/h5-10,21-22H,11-16,29H2,1-4H3,(H,30,34)/t21-,22-/m0/s1. The molecule has 0 aliphatic carbocycles. The maximum Gasteiger partial charge on any atom is 0.410 e. The fraction of sp³-hybridized carbons (Fsp3) is 0.464. The summed E-state index contributed by atoms with van der Waals surface area (Å²) in [4.78, 5) is 35.5. The van der Waals surface area contributed by atoms with Crippen LogP contribution in [-0.4, -0.2) is 59.2 Å². The van der Waals surface area contributed by atoms with Crippen LogP contribution < -0.4 is 16.0 Å². The van der Waals surface area contributed by atoms with Crippen LogP contribution in [0.15, 0.2) is 36.4 Å². The number of hydrogen-bond donors (Lipinski definition) is 2. The summed E-state index contributed by atoms with van der Waals surface area (Å²) in [5.41, 5.74) is 9.46. The SMILES string of the molecule is Cc1ccc2c(N)c(C(=O)NCCc3ccc(N4CC[C@H]5[C@@H]4CCN5C(=O)OC(C)(C)C)cc3)sc2n1. The normalized spacial score (nSPS) is 19.4. The number of nitrogens with two attached hydrogens (primary N) is 1. The molecule has 2 amide bonds. The Morgan fingerprint density at radius 2 is 1.84 bits per heavy atom. The van der Waals surface area contributed by atoms with Crippen LogP contribution >= 0.6 is 11.3 Å². The van der Waals surface area contributed by atoms with Crippen molar-refractivity contribution < 1.29 is 14.3 Å². The van der Waals surface area contributed by atoms with E-state index >= 15 is 0 Å². The van der Waals surface area contributed by atoms with Crippen molar-refractivity contribution in [3.8, 4) is 0 Å². The smallest absolute Gasteiger partial charge is 0.410 e. The second kappa shape index (κ2) is 9.85. The zero-order valence-corrected chi connectivity index (χ0v) is 22.7. The second-order valence-electron chi connectivity index (χ2n) is 10.9. The number of rotatable bonds is 5. The summed E-state index contributed by atoms with van der Waals surface area (Å²) in [7, 11) is 0. The Balaban J connectivity index is 1.15. The fourth-order valence-corrected chi connectivity index (χ4v) is 6.42. The number of carbonyl (C=O) groups is 2. The van der Waals surface area contributed by atoms with E-state index in [1.165, 1.54) is 17.0 Å². The number of amides is 2. The van der Waals surface area contributed by atoms with Gasteiger partial charge in [0.2, 0.25) is 0 Å². The lowest BCUT2D eigenvalue weighted by atomic mass is 10.1. The number of thiophene rings is 1. The highest BCUT2D eigenvalue weighted by Gasteiger charge is 2.45. The minimum Gasteiger partial charge on any atom is -0.444 e. The van der Waals surface area contributed by atoms with E-state index in [9.17, 15) is 9.59 Å². The van der Waals surface area contributed by atoms with E-state index in [-0.39, 0.29) is 18.0 Å². The van der Waals surface area contributed by atoms with Gasteiger partial charge in [-0.2, -0.15) is 0 Å². The Kier molecular flexibility index (Phi) is 6.74. The van der Waals surface area contributed by atoms with Crippen LogP contribution in [-0.2, 0) is 11.2 Å². The highest BCUT2D eigenvalue weighted by molar-refractivity contribution is 7.21. The first-order chi connectivity index (χ1) is 17.6. The predicted octanol–water partition coefficient (Wildman–Crippen LogP) is 4.75. The fourth-order valence-electron chi connectivity index (χ4n) is 5.37. The van der Waals surface area contributed by atoms with E-state index in [2.05, 4.69) is 39.5 Å². The van der Waals surface area contributed by atoms with E-state index < -0.39 is 5.60 Å². The van der Waals surface area contributed by atoms with Gasteiger partial charge in [-0.3, -0.25) is 4.79 Å². The molecule has 1 aromatic carbocycles. The van der Waals surface area contributed by atoms with Gasteiger partial charge in [0.15, 0.2) is 0 Å². The molecule has 0 bridgehead atoms. The van der Waals surface area contributed by atoms with Crippen molar-refractivity contribution in [3.05, 3.63) is 52.5 Å². The van der Waals surface area contributed by atoms with Crippen LogP contribution in [0.1, 0.15) is 54.5 Å². The Bertz CT molecular complexity index is 1310. The van der Waals surface area contributed by atoms with Gasteiger partial charge in [0, 0.05) is 36.4 Å². The van der Waals surface area contributed by atoms with Crippen molar-refractivity contribution in [1.82, 2.24) is 15.2 Å². The van der Waals surface area contributed by atoms with Crippen LogP contribution in [0, 0.1) is 6.92 Å². The van der Waals surface area contributed by atoms with Crippen molar-refractivity contribution in [3.63, 3.8) is 0 Å². The summed E-state index contributed by atoms with van der Waals surface area (Å²) in [5, 5.41) is 3.83. The minimum absolute atomic E-state index is 0.159. The van der Waals surface area contributed by atoms with Gasteiger partial charge in [-0.1, -0.05) is 12.1 Å². The molecule has 2 saturated heterocycles. The van der Waals surface area contributed by atoms with Crippen molar-refractivity contribution in [2.75, 3.05) is 30.3 Å². The molecule has 5 rings (SSSR count). The average Bonchev–Trinajstić information content (AvgIpc) is 3.52. The molecule has 2 atom stereocenters. The third-order valence-electron chi connectivity index (χ3n) is 7.11. The summed E-state index contributed by atoms with van der Waals surface area (Å²) in [6, 6.07) is 12.9. The third-order valence-corrected chi connectivity index (χ3v) is 8.22. The number of nitrogens with zero attached hydrogens (tertiary/aromatic N) is 3. The highest BCUT2D eigenvalue weighted by Crippen LogP contribution is 2.36. The first kappa shape index (κ1) is 25.3. The van der Waals surface area contributed by atoms with Gasteiger partial charge in [-0.15, -0.1) is 11.3 Å². The Morgan fingerprint density at radius 3 is 2.57 bits per heavy atom. The molecule has 2 aliphatic heterocycles. The number of nitrogen functional groups attached to an aromatic ring is 1. The minimum atomic E-state index is -0.483. The number of likely N-dealkylation sites (tertiary alicyclic amines) is 1. The van der Waals surface area contributed by atoms with E-state index in [4.69, 9.17) is 10.5 Å². The van der Waals surface area contributed by atoms with Gasteiger partial charge < -0.3 is 25.6 Å². The van der Waals surface area contributed by atoms with Gasteiger partial charge in [-0.05, 0) is 76.8 Å². The zero-order valence-electron chi connectivity index (χ0n) is 21.9. The molecule has 0 radical (unpaired) electrons. The van der Waals surface area contributed by atoms with Gasteiger partial charge in [-0.25, -0.2) is 9.78 Å². The molecular formula is C28H35N5O3S. The van der Waals surface area contributed by atoms with Gasteiger partial charge >= 0.3 is 6.09 Å². The summed E-state index contributed by atoms with van der Waals surface area (Å²) in [5.74, 6) is -0.159. The molecule has 4 heterocycles. The number of carbonyl (C=O) groups excluding carboxylic acids is 2. The van der Waals surface area contributed by atoms with Gasteiger partial charge in [0.25, 0.3) is 5.91 Å². The molecule has 37 heavy (non-hydrogen) atoms. The van der Waals surface area contributed by atoms with Gasteiger partial charge in [0.1, 0.15) is 15.3 Å². The number of aromatic nitrogens is 1. The molecular weight excluding hydrogens is 486 g/mol. The summed E-state index contributed by atoms with van der Waals surface area (Å²) < 4.78 is 5.62. The first-order valence-electron chi connectivity index (χ1n) is 12.9. The molecule has 2 fully saturated rings. The van der Waals surface area contributed by atoms with E-state index in [1.54, 1.807) is 0 Å². The summed E-state index contributed by atoms with van der Waals surface area (Å²) in [6.07, 6.45) is 2.43. The molecule has 0 spiro atoms. The molecule has 3 N–H and O–H groups in total. The second-order valence-corrected chi connectivity index (χ2v) is 11.9. The lowest BCUT2D eigenvalue weighted by Crippen LogP contribution is -2.42. The number of anilines is 2. The monoisotopic (exact) mass is 521 g/mol. The largest absolute Gasteiger partial charge is 0.444 e. The predicted molar refractivity (Wildman–Crippen MR) is 148 cm³/mol. The molecule has 9 heteroatoms. The molecule has 0 unspecified atom stereocenters. The van der Waals surface area contributed by atoms with E-state index in [0.29, 0.717) is 23.2 Å². The molecule has 196 valence electrons.